The third-order valence-electron chi connectivity index (χ3n) is 13.3. The van der Waals surface area contributed by atoms with Crippen molar-refractivity contribution in [1.29, 1.82) is 0 Å². The number of sulfonamides is 2. The van der Waals surface area contributed by atoms with Crippen molar-refractivity contribution in [3.63, 3.8) is 0 Å². The Morgan fingerprint density at radius 2 is 1.01 bits per heavy atom. The minimum atomic E-state index is -3.79. The van der Waals surface area contributed by atoms with Gasteiger partial charge in [-0.25, -0.2) is 26.8 Å². The number of carbonyl (C=O) groups is 1. The summed E-state index contributed by atoms with van der Waals surface area (Å²) in [6.07, 6.45) is 12.9. The van der Waals surface area contributed by atoms with E-state index in [-0.39, 0.29) is 31.9 Å². The number of amides is 1. The Labute approximate surface area is 412 Å². The summed E-state index contributed by atoms with van der Waals surface area (Å²) in [5.74, 6) is 3.22. The van der Waals surface area contributed by atoms with Gasteiger partial charge in [-0.15, -0.1) is 0 Å². The monoisotopic (exact) mass is 1030 g/mol. The maximum Gasteiger partial charge on any atom is 0.264 e. The van der Waals surface area contributed by atoms with Gasteiger partial charge < -0.3 is 20.2 Å². The van der Waals surface area contributed by atoms with Gasteiger partial charge in [0.05, 0.1) is 48.6 Å². The molecule has 2 heterocycles. The van der Waals surface area contributed by atoms with Gasteiger partial charge in [0.2, 0.25) is 5.91 Å². The number of hydrogen-bond donors (Lipinski definition) is 2. The maximum atomic E-state index is 13.4. The van der Waals surface area contributed by atoms with E-state index in [0.29, 0.717) is 34.6 Å². The van der Waals surface area contributed by atoms with E-state index in [1.54, 1.807) is 38.4 Å². The van der Waals surface area contributed by atoms with Crippen molar-refractivity contribution in [3.8, 4) is 0 Å². The lowest BCUT2D eigenvalue weighted by Gasteiger charge is -2.26. The molecule has 4 aromatic carbocycles. The summed E-state index contributed by atoms with van der Waals surface area (Å²) in [5.41, 5.74) is 11.5. The number of anilines is 4. The lowest BCUT2D eigenvalue weighted by atomic mass is 9.88. The lowest BCUT2D eigenvalue weighted by molar-refractivity contribution is -0.113. The normalized spacial score (nSPS) is 15.5. The number of nitrogens with two attached hydrogens (primary N) is 1. The van der Waals surface area contributed by atoms with E-state index >= 15 is 0 Å². The molecule has 0 spiro atoms. The fourth-order valence-electron chi connectivity index (χ4n) is 9.54. The number of halogens is 1. The molecular formula is C52H69BrN8O5S2. The largest absolute Gasteiger partial charge is 0.399 e. The van der Waals surface area contributed by atoms with Crippen LogP contribution in [0.5, 0.6) is 0 Å². The quantitative estimate of drug-likeness (QED) is 0.0903. The van der Waals surface area contributed by atoms with Crippen LogP contribution in [0.15, 0.2) is 94.7 Å². The Kier molecular flexibility index (Phi) is 15.4. The summed E-state index contributed by atoms with van der Waals surface area (Å²) >= 11 is 3.10. The van der Waals surface area contributed by atoms with E-state index in [1.165, 1.54) is 97.1 Å². The molecule has 0 bridgehead atoms. The van der Waals surface area contributed by atoms with Crippen LogP contribution in [0.4, 0.5) is 22.7 Å². The Morgan fingerprint density at radius 1 is 0.632 bits per heavy atom. The van der Waals surface area contributed by atoms with E-state index in [2.05, 4.69) is 71.9 Å². The van der Waals surface area contributed by atoms with Crippen molar-refractivity contribution in [3.05, 3.63) is 96.6 Å². The SMILES string of the molecule is CN(c1ccc2c(c1)nc(C(C)(C)C)n2CC1CCCCC1)S(=O)(=O)c1ccc(N)cc1.CN(c1ccc2c(c1)nc(C(C)(C)C)n2CC1CCCCC1)S(=O)(=O)c1ccc(NC(=O)CBr)cc1. The number of hydrogen-bond acceptors (Lipinski definition) is 8. The molecule has 0 radical (unpaired) electrons. The summed E-state index contributed by atoms with van der Waals surface area (Å²) in [7, 11) is -4.34. The molecule has 366 valence electrons. The number of rotatable bonds is 12. The summed E-state index contributed by atoms with van der Waals surface area (Å²) in [4.78, 5) is 21.9. The molecule has 16 heteroatoms. The third kappa shape index (κ3) is 11.4. The van der Waals surface area contributed by atoms with Gasteiger partial charge in [-0.05, 0) is 122 Å². The molecule has 0 atom stereocenters. The minimum Gasteiger partial charge on any atom is -0.399 e. The number of carbonyl (C=O) groups excluding carboxylic acids is 1. The van der Waals surface area contributed by atoms with E-state index < -0.39 is 20.0 Å². The Balaban J connectivity index is 0.000000203. The van der Waals surface area contributed by atoms with Gasteiger partial charge in [0, 0.05) is 49.4 Å². The van der Waals surface area contributed by atoms with E-state index in [1.807, 2.05) is 36.4 Å². The number of nitrogens with one attached hydrogen (secondary N) is 1. The average Bonchev–Trinajstić information content (AvgIpc) is 3.87. The number of nitrogens with zero attached hydrogens (tertiary/aromatic N) is 6. The molecule has 68 heavy (non-hydrogen) atoms. The first kappa shape index (κ1) is 50.9. The first-order valence-corrected chi connectivity index (χ1v) is 27.9. The van der Waals surface area contributed by atoms with Crippen molar-refractivity contribution in [1.82, 2.24) is 19.1 Å². The van der Waals surface area contributed by atoms with Gasteiger partial charge in [0.15, 0.2) is 0 Å². The zero-order valence-corrected chi connectivity index (χ0v) is 44.1. The highest BCUT2D eigenvalue weighted by Gasteiger charge is 2.29. The van der Waals surface area contributed by atoms with Crippen LogP contribution in [0.3, 0.4) is 0 Å². The number of aromatic nitrogens is 4. The van der Waals surface area contributed by atoms with Crippen LogP contribution < -0.4 is 19.7 Å². The molecule has 2 aromatic heterocycles. The van der Waals surface area contributed by atoms with Crippen LogP contribution >= 0.6 is 15.9 Å². The molecule has 3 N–H and O–H groups in total. The van der Waals surface area contributed by atoms with Crippen LogP contribution in [0.1, 0.15) is 117 Å². The van der Waals surface area contributed by atoms with Crippen LogP contribution in [0.2, 0.25) is 0 Å². The van der Waals surface area contributed by atoms with E-state index in [4.69, 9.17) is 15.7 Å². The molecule has 2 fully saturated rings. The summed E-state index contributed by atoms with van der Waals surface area (Å²) in [5, 5.41) is 2.87. The van der Waals surface area contributed by atoms with Crippen LogP contribution in [0.25, 0.3) is 22.1 Å². The van der Waals surface area contributed by atoms with Gasteiger partial charge in [-0.3, -0.25) is 13.4 Å². The number of alkyl halides is 1. The highest BCUT2D eigenvalue weighted by Crippen LogP contribution is 2.36. The smallest absolute Gasteiger partial charge is 0.264 e. The highest BCUT2D eigenvalue weighted by molar-refractivity contribution is 9.09. The molecule has 8 rings (SSSR count). The number of benzene rings is 4. The van der Waals surface area contributed by atoms with Gasteiger partial charge in [0.25, 0.3) is 20.0 Å². The fourth-order valence-corrected chi connectivity index (χ4v) is 12.1. The fraction of sp³-hybridized carbons (Fsp3) is 0.481. The second-order valence-electron chi connectivity index (χ2n) is 20.7. The van der Waals surface area contributed by atoms with Crippen molar-refractivity contribution in [2.75, 3.05) is 39.1 Å². The zero-order valence-electron chi connectivity index (χ0n) is 40.9. The van der Waals surface area contributed by atoms with Gasteiger partial charge in [-0.2, -0.15) is 0 Å². The standard InChI is InChI=1S/C27H35BrN4O3S.C25H34N4O2S/c1-27(2,3)26-30-23-16-21(12-15-24(23)32(26)18-19-8-6-5-7-9-19)31(4)36(34,35)22-13-10-20(11-14-22)29-25(33)17-28;1-25(2,3)24-27-22-16-20(28(4)32(30,31)21-13-10-19(26)11-14-21)12-15-23(22)29(24)17-18-8-6-5-7-9-18/h10-16,19H,5-9,17-18H2,1-4H3,(H,29,33);10-16,18H,5-9,17,26H2,1-4H3. The van der Waals surface area contributed by atoms with Gasteiger partial charge in [-0.1, -0.05) is 96.0 Å². The molecule has 2 aliphatic rings. The Hall–Kier alpha value is -4.93. The predicted octanol–water partition coefficient (Wildman–Crippen LogP) is 11.4. The van der Waals surface area contributed by atoms with Crippen LogP contribution in [-0.2, 0) is 48.8 Å². The molecule has 1 amide bonds. The predicted molar refractivity (Wildman–Crippen MR) is 281 cm³/mol. The van der Waals surface area contributed by atoms with Crippen molar-refractivity contribution >= 4 is 86.7 Å². The second kappa shape index (κ2) is 20.6. The highest BCUT2D eigenvalue weighted by atomic mass is 79.9. The third-order valence-corrected chi connectivity index (χ3v) is 17.4. The Morgan fingerprint density at radius 3 is 1.38 bits per heavy atom. The van der Waals surface area contributed by atoms with Gasteiger partial charge >= 0.3 is 0 Å². The van der Waals surface area contributed by atoms with Crippen molar-refractivity contribution in [2.45, 2.75) is 139 Å². The zero-order chi connectivity index (χ0) is 49.2. The number of fused-ring (bicyclic) bond motifs is 2. The van der Waals surface area contributed by atoms with Crippen molar-refractivity contribution in [2.24, 2.45) is 11.8 Å². The molecular weight excluding hydrogens is 961 g/mol. The Bertz CT molecular complexity index is 2940. The molecule has 2 saturated carbocycles. The molecule has 0 unspecified atom stereocenters. The topological polar surface area (TPSA) is 166 Å². The summed E-state index contributed by atoms with van der Waals surface area (Å²) in [6, 6.07) is 24.0. The van der Waals surface area contributed by atoms with Gasteiger partial charge in [0.1, 0.15) is 11.6 Å². The van der Waals surface area contributed by atoms with E-state index in [9.17, 15) is 21.6 Å². The lowest BCUT2D eigenvalue weighted by Crippen LogP contribution is -2.26. The average molecular weight is 1030 g/mol. The molecule has 6 aromatic rings. The summed E-state index contributed by atoms with van der Waals surface area (Å²) < 4.78 is 60.3. The molecule has 2 aliphatic carbocycles. The van der Waals surface area contributed by atoms with Crippen molar-refractivity contribution < 1.29 is 21.6 Å². The summed E-state index contributed by atoms with van der Waals surface area (Å²) in [6.45, 7) is 15.0. The molecule has 0 saturated heterocycles. The number of nitrogen functional groups attached to an aromatic ring is 1. The first-order valence-electron chi connectivity index (χ1n) is 23.9. The second-order valence-corrected chi connectivity index (χ2v) is 25.2. The minimum absolute atomic E-state index is 0.101. The van der Waals surface area contributed by atoms with E-state index in [0.717, 1.165) is 46.8 Å². The molecule has 0 aliphatic heterocycles. The number of imidazole rings is 2. The van der Waals surface area contributed by atoms with Crippen LogP contribution in [-0.4, -0.2) is 61.3 Å². The first-order chi connectivity index (χ1) is 32.1. The van der Waals surface area contributed by atoms with Crippen LogP contribution in [0, 0.1) is 11.8 Å². The maximum absolute atomic E-state index is 13.4. The molecule has 13 nitrogen and oxygen atoms in total.